The average molecular weight is 167 g/mol. The van der Waals surface area contributed by atoms with Gasteiger partial charge in [-0.05, 0) is 30.0 Å². The van der Waals surface area contributed by atoms with Crippen LogP contribution in [0.3, 0.4) is 0 Å². The van der Waals surface area contributed by atoms with Crippen molar-refractivity contribution in [1.29, 1.82) is 0 Å². The van der Waals surface area contributed by atoms with Crippen LogP contribution in [0.1, 0.15) is 13.3 Å². The molecule has 0 bridgehead atoms. The molecule has 1 aliphatic rings. The first kappa shape index (κ1) is 8.62. The summed E-state index contributed by atoms with van der Waals surface area (Å²) in [4.78, 5) is 1.31. The molecule has 0 amide bonds. The summed E-state index contributed by atoms with van der Waals surface area (Å²) >= 11 is 1.69. The minimum absolute atomic E-state index is 0.984. The molecule has 1 rings (SSSR count). The molecule has 1 heterocycles. The molecule has 0 aromatic rings. The molecule has 0 unspecified atom stereocenters. The van der Waals surface area contributed by atoms with Crippen LogP contribution in [0.25, 0.3) is 0 Å². The highest BCUT2D eigenvalue weighted by molar-refractivity contribution is 8.01. The Hall–Kier alpha value is -0.470. The number of allylic oxidation sites excluding steroid dienone is 3. The normalized spacial score (nSPS) is 24.8. The number of hydrogen-bond donors (Lipinski definition) is 1. The van der Waals surface area contributed by atoms with Gasteiger partial charge in [-0.25, -0.2) is 0 Å². The van der Waals surface area contributed by atoms with Crippen molar-refractivity contribution < 1.29 is 0 Å². The van der Waals surface area contributed by atoms with Gasteiger partial charge in [-0.1, -0.05) is 25.7 Å². The van der Waals surface area contributed by atoms with Gasteiger partial charge in [0.05, 0.1) is 0 Å². The van der Waals surface area contributed by atoms with Crippen LogP contribution >= 0.6 is 11.9 Å². The Morgan fingerprint density at radius 3 is 3.18 bits per heavy atom. The van der Waals surface area contributed by atoms with Crippen molar-refractivity contribution in [3.05, 3.63) is 35.3 Å². The first-order valence-corrected chi connectivity index (χ1v) is 4.62. The summed E-state index contributed by atoms with van der Waals surface area (Å²) in [5.74, 6) is 0. The van der Waals surface area contributed by atoms with Crippen LogP contribution in [0.15, 0.2) is 35.3 Å². The van der Waals surface area contributed by atoms with E-state index in [2.05, 4.69) is 24.3 Å². The molecule has 1 N–H and O–H groups in total. The highest BCUT2D eigenvalue weighted by Crippen LogP contribution is 2.27. The molecule has 1 aliphatic heterocycles. The molecule has 11 heavy (non-hydrogen) atoms. The van der Waals surface area contributed by atoms with Gasteiger partial charge < -0.3 is 0 Å². The van der Waals surface area contributed by atoms with Crippen molar-refractivity contribution in [3.63, 3.8) is 0 Å². The van der Waals surface area contributed by atoms with E-state index in [0.717, 1.165) is 13.0 Å². The second kappa shape index (κ2) is 4.42. The van der Waals surface area contributed by atoms with Crippen LogP contribution in [-0.4, -0.2) is 6.54 Å². The van der Waals surface area contributed by atoms with Crippen LogP contribution in [0.4, 0.5) is 0 Å². The molecule has 1 fully saturated rings. The van der Waals surface area contributed by atoms with Crippen LogP contribution in [0.2, 0.25) is 0 Å². The Kier molecular flexibility index (Phi) is 3.46. The highest BCUT2D eigenvalue weighted by atomic mass is 32.2. The molecule has 60 valence electrons. The van der Waals surface area contributed by atoms with E-state index < -0.39 is 0 Å². The zero-order chi connectivity index (χ0) is 8.10. The summed E-state index contributed by atoms with van der Waals surface area (Å²) in [7, 11) is 0. The minimum Gasteiger partial charge on any atom is -0.255 e. The van der Waals surface area contributed by atoms with E-state index in [1.54, 1.807) is 11.9 Å². The van der Waals surface area contributed by atoms with Gasteiger partial charge in [0.25, 0.3) is 0 Å². The Morgan fingerprint density at radius 2 is 2.55 bits per heavy atom. The number of hydrogen-bond acceptors (Lipinski definition) is 2. The minimum atomic E-state index is 0.984. The molecule has 2 heteroatoms. The van der Waals surface area contributed by atoms with Crippen molar-refractivity contribution >= 4 is 11.9 Å². The monoisotopic (exact) mass is 167 g/mol. The van der Waals surface area contributed by atoms with E-state index in [4.69, 9.17) is 0 Å². The third kappa shape index (κ3) is 2.24. The van der Waals surface area contributed by atoms with Crippen molar-refractivity contribution in [2.45, 2.75) is 13.3 Å². The van der Waals surface area contributed by atoms with Gasteiger partial charge in [0.1, 0.15) is 0 Å². The van der Waals surface area contributed by atoms with Crippen LogP contribution < -0.4 is 4.72 Å². The van der Waals surface area contributed by atoms with Crippen molar-refractivity contribution in [1.82, 2.24) is 4.72 Å². The summed E-state index contributed by atoms with van der Waals surface area (Å²) in [5.41, 5.74) is 1.40. The molecule has 0 atom stereocenters. The van der Waals surface area contributed by atoms with E-state index in [1.807, 2.05) is 12.2 Å². The molecular weight excluding hydrogens is 154 g/mol. The largest absolute Gasteiger partial charge is 0.255 e. The van der Waals surface area contributed by atoms with Crippen LogP contribution in [0.5, 0.6) is 0 Å². The van der Waals surface area contributed by atoms with Crippen LogP contribution in [-0.2, 0) is 0 Å². The van der Waals surface area contributed by atoms with Crippen molar-refractivity contribution in [2.75, 3.05) is 6.54 Å². The number of rotatable bonds is 2. The standard InChI is InChI=1S/C9H13NS/c1-3-5-8-7-10-11-9(8)6-4-2/h4-6,10H,2-3,7H2,1H3/b8-5-,9-6+. The van der Waals surface area contributed by atoms with Crippen molar-refractivity contribution in [3.8, 4) is 0 Å². The molecule has 0 aromatic heterocycles. The summed E-state index contributed by atoms with van der Waals surface area (Å²) in [5, 5.41) is 0. The molecule has 1 nitrogen and oxygen atoms in total. The topological polar surface area (TPSA) is 12.0 Å². The van der Waals surface area contributed by atoms with E-state index in [0.29, 0.717) is 0 Å². The first-order valence-electron chi connectivity index (χ1n) is 3.80. The summed E-state index contributed by atoms with van der Waals surface area (Å²) in [6.07, 6.45) is 7.24. The quantitative estimate of drug-likeness (QED) is 0.634. The SMILES string of the molecule is C=C/C=C1/SNC/C1=C/CC. The average Bonchev–Trinajstić information content (AvgIpc) is 2.39. The van der Waals surface area contributed by atoms with Gasteiger partial charge in [0, 0.05) is 11.4 Å². The van der Waals surface area contributed by atoms with Gasteiger partial charge >= 0.3 is 0 Å². The summed E-state index contributed by atoms with van der Waals surface area (Å²) < 4.78 is 3.22. The zero-order valence-corrected chi connectivity index (χ0v) is 7.58. The number of nitrogens with one attached hydrogen (secondary N) is 1. The summed E-state index contributed by atoms with van der Waals surface area (Å²) in [6, 6.07) is 0. The molecule has 0 radical (unpaired) electrons. The van der Waals surface area contributed by atoms with E-state index in [9.17, 15) is 0 Å². The van der Waals surface area contributed by atoms with E-state index >= 15 is 0 Å². The van der Waals surface area contributed by atoms with E-state index in [1.165, 1.54) is 10.5 Å². The predicted molar refractivity (Wildman–Crippen MR) is 52.2 cm³/mol. The molecule has 0 saturated carbocycles. The third-order valence-corrected chi connectivity index (χ3v) is 2.39. The lowest BCUT2D eigenvalue weighted by atomic mass is 10.2. The maximum absolute atomic E-state index is 3.67. The molecular formula is C9H13NS. The Labute approximate surface area is 72.4 Å². The lowest BCUT2D eigenvalue weighted by Crippen LogP contribution is -1.95. The Balaban J connectivity index is 2.72. The fourth-order valence-electron chi connectivity index (χ4n) is 1.01. The van der Waals surface area contributed by atoms with E-state index in [-0.39, 0.29) is 0 Å². The Morgan fingerprint density at radius 1 is 1.73 bits per heavy atom. The summed E-state index contributed by atoms with van der Waals surface area (Å²) in [6.45, 7) is 6.81. The van der Waals surface area contributed by atoms with Crippen molar-refractivity contribution in [2.24, 2.45) is 0 Å². The maximum Gasteiger partial charge on any atom is 0.0321 e. The Bertz CT molecular complexity index is 204. The lowest BCUT2D eigenvalue weighted by molar-refractivity contribution is 1.09. The lowest BCUT2D eigenvalue weighted by Gasteiger charge is -1.94. The smallest absolute Gasteiger partial charge is 0.0321 e. The maximum atomic E-state index is 3.67. The molecule has 0 spiro atoms. The zero-order valence-electron chi connectivity index (χ0n) is 6.76. The highest BCUT2D eigenvalue weighted by Gasteiger charge is 2.11. The fraction of sp³-hybridized carbons (Fsp3) is 0.333. The second-order valence-electron chi connectivity index (χ2n) is 2.33. The van der Waals surface area contributed by atoms with Gasteiger partial charge in [0.2, 0.25) is 0 Å². The predicted octanol–water partition coefficient (Wildman–Crippen LogP) is 2.64. The molecule has 0 aliphatic carbocycles. The first-order chi connectivity index (χ1) is 5.38. The molecule has 1 saturated heterocycles. The second-order valence-corrected chi connectivity index (χ2v) is 3.26. The molecule has 0 aromatic carbocycles. The van der Waals surface area contributed by atoms with Gasteiger partial charge in [-0.15, -0.1) is 0 Å². The van der Waals surface area contributed by atoms with Gasteiger partial charge in [-0.3, -0.25) is 4.72 Å². The van der Waals surface area contributed by atoms with Gasteiger partial charge in [0.15, 0.2) is 0 Å². The van der Waals surface area contributed by atoms with Crippen LogP contribution in [0, 0.1) is 0 Å². The fourth-order valence-corrected chi connectivity index (χ4v) is 1.85. The van der Waals surface area contributed by atoms with Gasteiger partial charge in [-0.2, -0.15) is 0 Å². The third-order valence-electron chi connectivity index (χ3n) is 1.48.